The lowest BCUT2D eigenvalue weighted by Crippen LogP contribution is -2.15. The van der Waals surface area contributed by atoms with E-state index < -0.39 is 6.04 Å². The molecule has 2 atom stereocenters. The highest BCUT2D eigenvalue weighted by atomic mass is 16.3. The molecule has 0 unspecified atom stereocenters. The molecule has 0 aromatic carbocycles. The third-order valence-corrected chi connectivity index (χ3v) is 1.97. The summed E-state index contributed by atoms with van der Waals surface area (Å²) in [6.45, 7) is 3.52. The molecule has 0 aromatic heterocycles. The fourth-order valence-corrected chi connectivity index (χ4v) is 1.16. The average Bonchev–Trinajstić information content (AvgIpc) is 2.18. The van der Waals surface area contributed by atoms with Gasteiger partial charge < -0.3 is 0 Å². The van der Waals surface area contributed by atoms with E-state index in [0.29, 0.717) is 12.0 Å². The van der Waals surface area contributed by atoms with Crippen LogP contribution >= 0.6 is 0 Å². The standard InChI is InChI=1S/C9H14N2O3/c1-7(6-12)5-8(2)9(11-14)3-4-10-13/h5-6,8-9H,3-4H2,1-2H3/b7-5+/t8-,9-/m0/s1. The molecule has 0 aromatic rings. The van der Waals surface area contributed by atoms with Crippen LogP contribution in [0.2, 0.25) is 0 Å². The van der Waals surface area contributed by atoms with Crippen molar-refractivity contribution in [3.63, 3.8) is 0 Å². The highest BCUT2D eigenvalue weighted by Crippen LogP contribution is 2.14. The van der Waals surface area contributed by atoms with Crippen molar-refractivity contribution < 1.29 is 4.79 Å². The van der Waals surface area contributed by atoms with Gasteiger partial charge in [-0.15, -0.1) is 0 Å². The molecule has 0 spiro atoms. The van der Waals surface area contributed by atoms with Gasteiger partial charge in [0.2, 0.25) is 0 Å². The zero-order chi connectivity index (χ0) is 11.0. The Hall–Kier alpha value is -1.39. The van der Waals surface area contributed by atoms with Crippen molar-refractivity contribution in [2.24, 2.45) is 16.3 Å². The lowest BCUT2D eigenvalue weighted by Gasteiger charge is -2.12. The van der Waals surface area contributed by atoms with Crippen molar-refractivity contribution in [1.29, 1.82) is 0 Å². The van der Waals surface area contributed by atoms with Crippen LogP contribution in [0, 0.1) is 15.7 Å². The number of carbonyl (C=O) groups is 1. The van der Waals surface area contributed by atoms with E-state index in [-0.39, 0.29) is 12.5 Å². The smallest absolute Gasteiger partial charge is 0.145 e. The fourth-order valence-electron chi connectivity index (χ4n) is 1.16. The summed E-state index contributed by atoms with van der Waals surface area (Å²) in [7, 11) is 0. The van der Waals surface area contributed by atoms with Gasteiger partial charge >= 0.3 is 0 Å². The Labute approximate surface area is 82.5 Å². The van der Waals surface area contributed by atoms with E-state index in [9.17, 15) is 14.6 Å². The van der Waals surface area contributed by atoms with Crippen molar-refractivity contribution in [3.05, 3.63) is 21.5 Å². The second-order valence-electron chi connectivity index (χ2n) is 3.20. The van der Waals surface area contributed by atoms with Crippen LogP contribution in [0.1, 0.15) is 20.3 Å². The number of aldehydes is 1. The molecule has 5 heteroatoms. The molecule has 0 N–H and O–H groups in total. The zero-order valence-corrected chi connectivity index (χ0v) is 8.34. The Balaban J connectivity index is 4.29. The molecule has 0 heterocycles. The molecule has 0 fully saturated rings. The van der Waals surface area contributed by atoms with Gasteiger partial charge in [0, 0.05) is 5.92 Å². The van der Waals surface area contributed by atoms with Crippen molar-refractivity contribution in [2.45, 2.75) is 26.3 Å². The van der Waals surface area contributed by atoms with E-state index in [2.05, 4.69) is 10.4 Å². The summed E-state index contributed by atoms with van der Waals surface area (Å²) in [6.07, 6.45) is 2.72. The maximum absolute atomic E-state index is 10.4. The first-order valence-electron chi connectivity index (χ1n) is 4.40. The number of hydrogen-bond donors (Lipinski definition) is 0. The van der Waals surface area contributed by atoms with E-state index in [1.165, 1.54) is 0 Å². The lowest BCUT2D eigenvalue weighted by atomic mass is 9.97. The van der Waals surface area contributed by atoms with Gasteiger partial charge in [-0.05, 0) is 18.9 Å². The van der Waals surface area contributed by atoms with Gasteiger partial charge in [0.05, 0.1) is 12.6 Å². The number of hydrogen-bond acceptors (Lipinski definition) is 5. The predicted octanol–water partition coefficient (Wildman–Crippen LogP) is 2.06. The van der Waals surface area contributed by atoms with E-state index >= 15 is 0 Å². The second kappa shape index (κ2) is 7.06. The summed E-state index contributed by atoms with van der Waals surface area (Å²) < 4.78 is 0. The molecule has 0 saturated heterocycles. The predicted molar refractivity (Wildman–Crippen MR) is 53.8 cm³/mol. The molecule has 5 nitrogen and oxygen atoms in total. The van der Waals surface area contributed by atoms with Crippen molar-refractivity contribution in [1.82, 2.24) is 0 Å². The Morgan fingerprint density at radius 2 is 2.07 bits per heavy atom. The quantitative estimate of drug-likeness (QED) is 0.357. The number of nitrogens with zero attached hydrogens (tertiary/aromatic N) is 2. The summed E-state index contributed by atoms with van der Waals surface area (Å²) in [5, 5.41) is 5.57. The van der Waals surface area contributed by atoms with Gasteiger partial charge in [-0.1, -0.05) is 23.4 Å². The zero-order valence-electron chi connectivity index (χ0n) is 8.34. The third kappa shape index (κ3) is 4.59. The third-order valence-electron chi connectivity index (χ3n) is 1.97. The number of rotatable bonds is 7. The minimum absolute atomic E-state index is 0.0781. The first-order valence-corrected chi connectivity index (χ1v) is 4.40. The van der Waals surface area contributed by atoms with Crippen molar-refractivity contribution in [3.8, 4) is 0 Å². The maximum atomic E-state index is 10.4. The lowest BCUT2D eigenvalue weighted by molar-refractivity contribution is -0.104. The van der Waals surface area contributed by atoms with Gasteiger partial charge in [0.15, 0.2) is 0 Å². The monoisotopic (exact) mass is 198 g/mol. The average molecular weight is 198 g/mol. The van der Waals surface area contributed by atoms with Crippen LogP contribution in [0.3, 0.4) is 0 Å². The molecule has 0 radical (unpaired) electrons. The van der Waals surface area contributed by atoms with Crippen LogP contribution < -0.4 is 0 Å². The Kier molecular flexibility index (Phi) is 6.36. The molecule has 14 heavy (non-hydrogen) atoms. The van der Waals surface area contributed by atoms with Crippen LogP contribution in [-0.2, 0) is 4.79 Å². The van der Waals surface area contributed by atoms with Crippen LogP contribution in [0.5, 0.6) is 0 Å². The highest BCUT2D eigenvalue weighted by Gasteiger charge is 2.15. The Morgan fingerprint density at radius 3 is 2.50 bits per heavy atom. The molecule has 0 aliphatic carbocycles. The number of nitroso groups, excluding NO2 is 2. The molecule has 0 aliphatic heterocycles. The molecule has 0 aliphatic rings. The van der Waals surface area contributed by atoms with E-state index in [1.807, 2.05) is 0 Å². The first-order chi connectivity index (χ1) is 6.65. The summed E-state index contributed by atoms with van der Waals surface area (Å²) in [5.74, 6) is -0.139. The summed E-state index contributed by atoms with van der Waals surface area (Å²) >= 11 is 0. The topological polar surface area (TPSA) is 75.9 Å². The molecule has 0 rings (SSSR count). The molecule has 0 bridgehead atoms. The normalized spacial score (nSPS) is 15.7. The minimum atomic E-state index is -0.484. The Morgan fingerprint density at radius 1 is 1.43 bits per heavy atom. The molecular weight excluding hydrogens is 184 g/mol. The fraction of sp³-hybridized carbons (Fsp3) is 0.667. The minimum Gasteiger partial charge on any atom is -0.298 e. The van der Waals surface area contributed by atoms with Crippen molar-refractivity contribution >= 4 is 6.29 Å². The Bertz CT molecular complexity index is 238. The van der Waals surface area contributed by atoms with Crippen LogP contribution in [0.15, 0.2) is 22.0 Å². The highest BCUT2D eigenvalue weighted by molar-refractivity contribution is 5.72. The van der Waals surface area contributed by atoms with Crippen LogP contribution in [-0.4, -0.2) is 18.9 Å². The van der Waals surface area contributed by atoms with Gasteiger partial charge in [-0.25, -0.2) is 0 Å². The number of carbonyl (C=O) groups excluding carboxylic acids is 1. The van der Waals surface area contributed by atoms with Crippen molar-refractivity contribution in [2.75, 3.05) is 6.54 Å². The first kappa shape index (κ1) is 12.6. The van der Waals surface area contributed by atoms with Gasteiger partial charge in [-0.3, -0.25) is 4.79 Å². The number of allylic oxidation sites excluding steroid dienone is 1. The van der Waals surface area contributed by atoms with E-state index in [4.69, 9.17) is 0 Å². The second-order valence-corrected chi connectivity index (χ2v) is 3.20. The maximum Gasteiger partial charge on any atom is 0.145 e. The summed E-state index contributed by atoms with van der Waals surface area (Å²) in [4.78, 5) is 30.6. The largest absolute Gasteiger partial charge is 0.298 e. The summed E-state index contributed by atoms with van der Waals surface area (Å²) in [5.41, 5.74) is 0.560. The summed E-state index contributed by atoms with van der Waals surface area (Å²) in [6, 6.07) is -0.484. The van der Waals surface area contributed by atoms with Gasteiger partial charge in [0.1, 0.15) is 6.29 Å². The SMILES string of the molecule is C/C(C=O)=C\[C@H](C)[C@H](CCN=O)N=O. The van der Waals surface area contributed by atoms with Gasteiger partial charge in [0.25, 0.3) is 0 Å². The van der Waals surface area contributed by atoms with Crippen LogP contribution in [0.4, 0.5) is 0 Å². The molecular formula is C9H14N2O3. The molecule has 78 valence electrons. The van der Waals surface area contributed by atoms with Gasteiger partial charge in [-0.2, -0.15) is 9.81 Å². The molecule has 0 amide bonds. The molecule has 0 saturated carbocycles. The van der Waals surface area contributed by atoms with E-state index in [0.717, 1.165) is 6.29 Å². The van der Waals surface area contributed by atoms with Crippen LogP contribution in [0.25, 0.3) is 0 Å². The van der Waals surface area contributed by atoms with E-state index in [1.54, 1.807) is 19.9 Å².